The Balaban J connectivity index is 3.21. The van der Waals surface area contributed by atoms with Crippen LogP contribution >= 0.6 is 0 Å². The zero-order chi connectivity index (χ0) is 6.41. The predicted molar refractivity (Wildman–Crippen MR) is 30.3 cm³/mol. The summed E-state index contributed by atoms with van der Waals surface area (Å²) in [6, 6.07) is 0. The van der Waals surface area contributed by atoms with E-state index in [0.29, 0.717) is 6.42 Å². The summed E-state index contributed by atoms with van der Waals surface area (Å²) >= 11 is 0. The van der Waals surface area contributed by atoms with Crippen molar-refractivity contribution in [3.63, 3.8) is 0 Å². The van der Waals surface area contributed by atoms with Gasteiger partial charge in [0.15, 0.2) is 0 Å². The smallest absolute Gasteiger partial charge is 0.148 e. The van der Waals surface area contributed by atoms with Gasteiger partial charge in [-0.25, -0.2) is 0 Å². The van der Waals surface area contributed by atoms with Crippen LogP contribution in [0.25, 0.3) is 0 Å². The van der Waals surface area contributed by atoms with Gasteiger partial charge in [-0.2, -0.15) is 0 Å². The molecule has 1 unspecified atom stereocenters. The van der Waals surface area contributed by atoms with Gasteiger partial charge in [-0.1, -0.05) is 6.92 Å². The van der Waals surface area contributed by atoms with Crippen molar-refractivity contribution in [2.45, 2.75) is 19.4 Å². The summed E-state index contributed by atoms with van der Waals surface area (Å²) in [4.78, 5) is 9.95. The standard InChI is InChI=1S/C5H11NO2/c1-2-5(3-7)8-4-6/h3,5H,2,4,6H2,1H3. The van der Waals surface area contributed by atoms with E-state index in [4.69, 9.17) is 10.5 Å². The average Bonchev–Trinajstić information content (AvgIpc) is 1.83. The molecule has 0 saturated heterocycles. The van der Waals surface area contributed by atoms with Crippen molar-refractivity contribution in [3.05, 3.63) is 0 Å². The maximum atomic E-state index is 9.95. The average molecular weight is 117 g/mol. The predicted octanol–water partition coefficient (Wildman–Crippen LogP) is -0.103. The summed E-state index contributed by atoms with van der Waals surface area (Å²) in [6.45, 7) is 1.99. The van der Waals surface area contributed by atoms with Crippen molar-refractivity contribution < 1.29 is 9.53 Å². The van der Waals surface area contributed by atoms with Crippen LogP contribution in [0, 0.1) is 0 Å². The molecule has 1 atom stereocenters. The van der Waals surface area contributed by atoms with E-state index in [9.17, 15) is 4.79 Å². The molecule has 2 N–H and O–H groups in total. The summed E-state index contributed by atoms with van der Waals surface area (Å²) in [6.07, 6.45) is 1.15. The molecule has 48 valence electrons. The fourth-order valence-electron chi connectivity index (χ4n) is 0.377. The second-order valence-corrected chi connectivity index (χ2v) is 1.42. The van der Waals surface area contributed by atoms with Gasteiger partial charge in [-0.3, -0.25) is 0 Å². The minimum Gasteiger partial charge on any atom is -0.356 e. The first-order chi connectivity index (χ1) is 3.85. The number of ether oxygens (including phenoxy) is 1. The lowest BCUT2D eigenvalue weighted by Crippen LogP contribution is -2.17. The fourth-order valence-corrected chi connectivity index (χ4v) is 0.377. The van der Waals surface area contributed by atoms with Gasteiger partial charge in [-0.05, 0) is 6.42 Å². The molecular weight excluding hydrogens is 106 g/mol. The van der Waals surface area contributed by atoms with E-state index in [1.807, 2.05) is 6.92 Å². The van der Waals surface area contributed by atoms with Crippen LogP contribution in [0.4, 0.5) is 0 Å². The third kappa shape index (κ3) is 2.71. The van der Waals surface area contributed by atoms with Gasteiger partial charge in [0.25, 0.3) is 0 Å². The molecule has 0 spiro atoms. The molecule has 0 rings (SSSR count). The molecule has 0 aromatic rings. The van der Waals surface area contributed by atoms with Crippen molar-refractivity contribution in [3.8, 4) is 0 Å². The molecule has 0 bridgehead atoms. The summed E-state index contributed by atoms with van der Waals surface area (Å²) in [5.41, 5.74) is 5.00. The van der Waals surface area contributed by atoms with Crippen LogP contribution in [0.5, 0.6) is 0 Å². The first-order valence-electron chi connectivity index (χ1n) is 2.62. The molecule has 0 aliphatic rings. The molecule has 0 aliphatic heterocycles. The summed E-state index contributed by atoms with van der Waals surface area (Å²) in [5.74, 6) is 0. The van der Waals surface area contributed by atoms with Crippen molar-refractivity contribution >= 4 is 6.29 Å². The fraction of sp³-hybridized carbons (Fsp3) is 0.800. The Morgan fingerprint density at radius 2 is 2.50 bits per heavy atom. The monoisotopic (exact) mass is 117 g/mol. The highest BCUT2D eigenvalue weighted by Gasteiger charge is 1.99. The Hall–Kier alpha value is -0.410. The molecule has 0 fully saturated rings. The zero-order valence-electron chi connectivity index (χ0n) is 4.96. The van der Waals surface area contributed by atoms with Crippen molar-refractivity contribution in [2.75, 3.05) is 6.73 Å². The molecule has 0 amide bonds. The number of carbonyl (C=O) groups excluding carboxylic acids is 1. The Labute approximate surface area is 48.8 Å². The highest BCUT2D eigenvalue weighted by atomic mass is 16.5. The molecule has 3 nitrogen and oxygen atoms in total. The Bertz CT molecular complexity index is 65.4. The van der Waals surface area contributed by atoms with E-state index in [0.717, 1.165) is 6.29 Å². The molecule has 0 aliphatic carbocycles. The first kappa shape index (κ1) is 7.59. The topological polar surface area (TPSA) is 52.3 Å². The van der Waals surface area contributed by atoms with Crippen LogP contribution in [0.3, 0.4) is 0 Å². The largest absolute Gasteiger partial charge is 0.356 e. The van der Waals surface area contributed by atoms with E-state index in [1.54, 1.807) is 0 Å². The van der Waals surface area contributed by atoms with Crippen LogP contribution in [0.1, 0.15) is 13.3 Å². The third-order valence-electron chi connectivity index (χ3n) is 0.864. The lowest BCUT2D eigenvalue weighted by atomic mass is 10.3. The normalized spacial score (nSPS) is 13.2. The second-order valence-electron chi connectivity index (χ2n) is 1.42. The van der Waals surface area contributed by atoms with E-state index in [2.05, 4.69) is 0 Å². The van der Waals surface area contributed by atoms with E-state index in [-0.39, 0.29) is 12.8 Å². The van der Waals surface area contributed by atoms with Crippen LogP contribution in [-0.4, -0.2) is 19.1 Å². The molecule has 8 heavy (non-hydrogen) atoms. The Kier molecular flexibility index (Phi) is 4.50. The van der Waals surface area contributed by atoms with E-state index in [1.165, 1.54) is 0 Å². The van der Waals surface area contributed by atoms with Gasteiger partial charge in [0, 0.05) is 0 Å². The lowest BCUT2D eigenvalue weighted by Gasteiger charge is -2.04. The summed E-state index contributed by atoms with van der Waals surface area (Å²) in [5, 5.41) is 0. The number of hydrogen-bond acceptors (Lipinski definition) is 3. The SMILES string of the molecule is CCC(C=O)OCN. The van der Waals surface area contributed by atoms with Gasteiger partial charge < -0.3 is 15.3 Å². The van der Waals surface area contributed by atoms with Gasteiger partial charge in [0.1, 0.15) is 12.4 Å². The maximum Gasteiger partial charge on any atom is 0.148 e. The van der Waals surface area contributed by atoms with Crippen molar-refractivity contribution in [2.24, 2.45) is 5.73 Å². The quantitative estimate of drug-likeness (QED) is 0.413. The minimum atomic E-state index is -0.306. The Morgan fingerprint density at radius 3 is 2.62 bits per heavy atom. The van der Waals surface area contributed by atoms with E-state index < -0.39 is 0 Å². The van der Waals surface area contributed by atoms with Crippen LogP contribution in [0.15, 0.2) is 0 Å². The number of aldehydes is 1. The molecule has 3 heteroatoms. The zero-order valence-corrected chi connectivity index (χ0v) is 4.96. The summed E-state index contributed by atoms with van der Waals surface area (Å²) in [7, 11) is 0. The molecule has 0 heterocycles. The number of nitrogens with two attached hydrogens (primary N) is 1. The van der Waals surface area contributed by atoms with Crippen molar-refractivity contribution in [1.82, 2.24) is 0 Å². The van der Waals surface area contributed by atoms with Crippen LogP contribution in [-0.2, 0) is 9.53 Å². The van der Waals surface area contributed by atoms with E-state index >= 15 is 0 Å². The number of carbonyl (C=O) groups is 1. The summed E-state index contributed by atoms with van der Waals surface area (Å²) < 4.78 is 4.75. The molecule has 0 radical (unpaired) electrons. The molecular formula is C5H11NO2. The maximum absolute atomic E-state index is 9.95. The second kappa shape index (κ2) is 4.74. The highest BCUT2D eigenvalue weighted by molar-refractivity contribution is 5.55. The lowest BCUT2D eigenvalue weighted by molar-refractivity contribution is -0.118. The molecule has 0 saturated carbocycles. The van der Waals surface area contributed by atoms with Crippen LogP contribution in [0.2, 0.25) is 0 Å². The number of rotatable bonds is 4. The molecule has 0 aromatic carbocycles. The number of hydrogen-bond donors (Lipinski definition) is 1. The first-order valence-corrected chi connectivity index (χ1v) is 2.62. The van der Waals surface area contributed by atoms with Gasteiger partial charge >= 0.3 is 0 Å². The van der Waals surface area contributed by atoms with Crippen LogP contribution < -0.4 is 5.73 Å². The molecule has 0 aromatic heterocycles. The van der Waals surface area contributed by atoms with Gasteiger partial charge in [0.05, 0.1) is 6.73 Å². The van der Waals surface area contributed by atoms with Gasteiger partial charge in [-0.15, -0.1) is 0 Å². The highest BCUT2D eigenvalue weighted by Crippen LogP contribution is 1.89. The minimum absolute atomic E-state index is 0.122. The van der Waals surface area contributed by atoms with Crippen molar-refractivity contribution in [1.29, 1.82) is 0 Å². The third-order valence-corrected chi connectivity index (χ3v) is 0.864. The van der Waals surface area contributed by atoms with Gasteiger partial charge in [0.2, 0.25) is 0 Å². The Morgan fingerprint density at radius 1 is 1.88 bits per heavy atom.